The van der Waals surface area contributed by atoms with Crippen LogP contribution in [0, 0.1) is 34.6 Å². The van der Waals surface area contributed by atoms with Gasteiger partial charge in [0.2, 0.25) is 0 Å². The Morgan fingerprint density at radius 1 is 0.575 bits per heavy atom. The monoisotopic (exact) mass is 539 g/mol. The molecular weight excluding hydrogens is 515 g/mol. The van der Waals surface area contributed by atoms with Crippen LogP contribution in [0.5, 0.6) is 0 Å². The zero-order valence-electron chi connectivity index (χ0n) is 22.5. The van der Waals surface area contributed by atoms with E-state index in [0.717, 1.165) is 28.1 Å². The van der Waals surface area contributed by atoms with Gasteiger partial charge in [-0.25, -0.2) is 29.9 Å². The third-order valence-electron chi connectivity index (χ3n) is 6.70. The summed E-state index contributed by atoms with van der Waals surface area (Å²) < 4.78 is 43.1. The lowest BCUT2D eigenvalue weighted by Crippen LogP contribution is -2.05. The number of alkyl halides is 3. The van der Waals surface area contributed by atoms with Crippen LogP contribution in [0.25, 0.3) is 50.3 Å². The highest BCUT2D eigenvalue weighted by Crippen LogP contribution is 2.40. The van der Waals surface area contributed by atoms with Gasteiger partial charge in [0.15, 0.2) is 11.6 Å². The molecular formula is C30H24F3N7. The number of halogens is 3. The van der Waals surface area contributed by atoms with Gasteiger partial charge in [0.25, 0.3) is 0 Å². The van der Waals surface area contributed by atoms with E-state index >= 15 is 0 Å². The Morgan fingerprint density at radius 3 is 1.73 bits per heavy atom. The van der Waals surface area contributed by atoms with E-state index in [2.05, 4.69) is 29.9 Å². The summed E-state index contributed by atoms with van der Waals surface area (Å²) in [5.41, 5.74) is 3.77. The molecule has 10 heteroatoms. The molecule has 6 rings (SSSR count). The summed E-state index contributed by atoms with van der Waals surface area (Å²) in [6, 6.07) is 15.4. The highest BCUT2D eigenvalue weighted by atomic mass is 19.4. The Kier molecular flexibility index (Phi) is 5.86. The molecule has 3 aromatic carbocycles. The Hall–Kier alpha value is -4.73. The summed E-state index contributed by atoms with van der Waals surface area (Å²) >= 11 is 0. The molecule has 200 valence electrons. The van der Waals surface area contributed by atoms with Gasteiger partial charge < -0.3 is 4.57 Å². The Balaban J connectivity index is 1.70. The number of fused-ring (bicyclic) bond motifs is 3. The van der Waals surface area contributed by atoms with Crippen LogP contribution in [0.4, 0.5) is 13.2 Å². The van der Waals surface area contributed by atoms with Gasteiger partial charge in [0.1, 0.15) is 23.3 Å². The summed E-state index contributed by atoms with van der Waals surface area (Å²) in [7, 11) is 0. The van der Waals surface area contributed by atoms with Crippen LogP contribution in [-0.2, 0) is 6.18 Å². The SMILES string of the molecule is Cc1ccc2c(c1)c1cc(C(F)(F)F)ccc1n2-c1ccc(-c2nc(C)nc(C)n2)cc1-c1nc(C)nc(C)n1. The van der Waals surface area contributed by atoms with E-state index in [1.807, 2.05) is 47.9 Å². The molecule has 0 unspecified atom stereocenters. The molecule has 0 N–H and O–H groups in total. The molecule has 0 saturated heterocycles. The van der Waals surface area contributed by atoms with E-state index in [-0.39, 0.29) is 0 Å². The fraction of sp³-hybridized carbons (Fsp3) is 0.200. The van der Waals surface area contributed by atoms with Crippen LogP contribution in [0.3, 0.4) is 0 Å². The molecule has 3 aromatic heterocycles. The smallest absolute Gasteiger partial charge is 0.309 e. The molecule has 0 saturated carbocycles. The van der Waals surface area contributed by atoms with Gasteiger partial charge >= 0.3 is 6.18 Å². The minimum atomic E-state index is -4.46. The molecule has 0 aliphatic carbocycles. The first kappa shape index (κ1) is 25.5. The number of benzene rings is 3. The number of rotatable bonds is 3. The van der Waals surface area contributed by atoms with E-state index in [4.69, 9.17) is 0 Å². The molecule has 6 aromatic rings. The Bertz CT molecular complexity index is 1920. The molecule has 0 atom stereocenters. The lowest BCUT2D eigenvalue weighted by molar-refractivity contribution is -0.137. The highest BCUT2D eigenvalue weighted by Gasteiger charge is 2.31. The van der Waals surface area contributed by atoms with Gasteiger partial charge in [-0.05, 0) is 83.1 Å². The zero-order valence-corrected chi connectivity index (χ0v) is 22.5. The maximum absolute atomic E-state index is 13.7. The van der Waals surface area contributed by atoms with Crippen molar-refractivity contribution in [3.05, 3.63) is 89.0 Å². The maximum atomic E-state index is 13.7. The van der Waals surface area contributed by atoms with Gasteiger partial charge in [0.05, 0.1) is 22.3 Å². The molecule has 3 heterocycles. The van der Waals surface area contributed by atoms with E-state index in [9.17, 15) is 13.2 Å². The number of aromatic nitrogens is 7. The van der Waals surface area contributed by atoms with Crippen molar-refractivity contribution >= 4 is 21.8 Å². The second-order valence-corrected chi connectivity index (χ2v) is 9.82. The quantitative estimate of drug-likeness (QED) is 0.240. The molecule has 0 aliphatic rings. The van der Waals surface area contributed by atoms with Crippen molar-refractivity contribution in [3.8, 4) is 28.5 Å². The number of aryl methyl sites for hydroxylation is 5. The van der Waals surface area contributed by atoms with Crippen LogP contribution in [0.2, 0.25) is 0 Å². The van der Waals surface area contributed by atoms with Crippen molar-refractivity contribution in [2.24, 2.45) is 0 Å². The average molecular weight is 540 g/mol. The molecule has 0 fully saturated rings. The highest BCUT2D eigenvalue weighted by molar-refractivity contribution is 6.10. The Morgan fingerprint density at radius 2 is 1.12 bits per heavy atom. The fourth-order valence-corrected chi connectivity index (χ4v) is 5.10. The topological polar surface area (TPSA) is 82.3 Å². The van der Waals surface area contributed by atoms with E-state index in [1.54, 1.807) is 27.7 Å². The Labute approximate surface area is 227 Å². The summed E-state index contributed by atoms with van der Waals surface area (Å²) in [5.74, 6) is 3.25. The lowest BCUT2D eigenvalue weighted by Gasteiger charge is -2.15. The molecule has 0 radical (unpaired) electrons. The van der Waals surface area contributed by atoms with Crippen molar-refractivity contribution in [3.63, 3.8) is 0 Å². The van der Waals surface area contributed by atoms with Crippen LogP contribution in [0.15, 0.2) is 54.6 Å². The van der Waals surface area contributed by atoms with Gasteiger partial charge in [-0.3, -0.25) is 0 Å². The first-order valence-corrected chi connectivity index (χ1v) is 12.6. The predicted octanol–water partition coefficient (Wildman–Crippen LogP) is 7.05. The maximum Gasteiger partial charge on any atom is 0.416 e. The van der Waals surface area contributed by atoms with Gasteiger partial charge in [-0.15, -0.1) is 0 Å². The standard InChI is InChI=1S/C30H24F3N7/c1-15-6-9-25-22(12-15)23-14-21(30(31,32)33)8-11-26(23)40(25)27-10-7-20(28-36-16(2)34-17(3)37-28)13-24(27)29-38-18(4)35-19(5)39-29/h6-14H,1-5H3. The number of hydrogen-bond donors (Lipinski definition) is 0. The predicted molar refractivity (Wildman–Crippen MR) is 147 cm³/mol. The van der Waals surface area contributed by atoms with Crippen molar-refractivity contribution in [2.75, 3.05) is 0 Å². The zero-order chi connectivity index (χ0) is 28.3. The van der Waals surface area contributed by atoms with Crippen molar-refractivity contribution in [2.45, 2.75) is 40.8 Å². The van der Waals surface area contributed by atoms with Gasteiger partial charge in [0, 0.05) is 21.9 Å². The second-order valence-electron chi connectivity index (χ2n) is 9.82. The minimum absolute atomic E-state index is 0.443. The van der Waals surface area contributed by atoms with Crippen LogP contribution in [-0.4, -0.2) is 34.5 Å². The van der Waals surface area contributed by atoms with Crippen LogP contribution in [0.1, 0.15) is 34.4 Å². The van der Waals surface area contributed by atoms with Crippen molar-refractivity contribution < 1.29 is 13.2 Å². The molecule has 7 nitrogen and oxygen atoms in total. The summed E-state index contributed by atoms with van der Waals surface area (Å²) in [6.07, 6.45) is -4.46. The van der Waals surface area contributed by atoms with Gasteiger partial charge in [-0.2, -0.15) is 13.2 Å². The molecule has 0 amide bonds. The van der Waals surface area contributed by atoms with E-state index in [0.29, 0.717) is 57.1 Å². The lowest BCUT2D eigenvalue weighted by atomic mass is 10.1. The number of nitrogens with zero attached hydrogens (tertiary/aromatic N) is 7. The molecule has 0 bridgehead atoms. The molecule has 40 heavy (non-hydrogen) atoms. The van der Waals surface area contributed by atoms with E-state index in [1.165, 1.54) is 12.1 Å². The van der Waals surface area contributed by atoms with Crippen LogP contribution < -0.4 is 0 Å². The third kappa shape index (κ3) is 4.45. The fourth-order valence-electron chi connectivity index (χ4n) is 5.10. The third-order valence-corrected chi connectivity index (χ3v) is 6.70. The number of hydrogen-bond acceptors (Lipinski definition) is 6. The average Bonchev–Trinajstić information content (AvgIpc) is 3.19. The second kappa shape index (κ2) is 9.18. The van der Waals surface area contributed by atoms with Crippen molar-refractivity contribution in [1.29, 1.82) is 0 Å². The minimum Gasteiger partial charge on any atom is -0.309 e. The van der Waals surface area contributed by atoms with Gasteiger partial charge in [-0.1, -0.05) is 11.6 Å². The summed E-state index contributed by atoms with van der Waals surface area (Å²) in [5, 5.41) is 1.23. The molecule has 0 spiro atoms. The largest absolute Gasteiger partial charge is 0.416 e. The van der Waals surface area contributed by atoms with Crippen LogP contribution >= 0.6 is 0 Å². The molecule has 0 aliphatic heterocycles. The van der Waals surface area contributed by atoms with Crippen molar-refractivity contribution in [1.82, 2.24) is 34.5 Å². The first-order chi connectivity index (χ1) is 19.0. The summed E-state index contributed by atoms with van der Waals surface area (Å²) in [6.45, 7) is 9.12. The first-order valence-electron chi connectivity index (χ1n) is 12.6. The normalized spacial score (nSPS) is 12.0. The van der Waals surface area contributed by atoms with E-state index < -0.39 is 11.7 Å². The summed E-state index contributed by atoms with van der Waals surface area (Å²) in [4.78, 5) is 26.9.